The Morgan fingerprint density at radius 2 is 1.75 bits per heavy atom. The van der Waals surface area contributed by atoms with E-state index in [0.29, 0.717) is 16.3 Å². The van der Waals surface area contributed by atoms with Gasteiger partial charge in [-0.3, -0.25) is 4.79 Å². The average Bonchev–Trinajstić information content (AvgIpc) is 2.43. The number of carbonyl (C=O) groups excluding carboxylic acids is 1. The molecule has 0 aliphatic carbocycles. The predicted octanol–water partition coefficient (Wildman–Crippen LogP) is 4.61. The first-order valence-corrected chi connectivity index (χ1v) is 6.89. The van der Waals surface area contributed by atoms with Crippen molar-refractivity contribution < 1.29 is 9.53 Å². The molecule has 0 radical (unpaired) electrons. The smallest absolute Gasteiger partial charge is 0.202 e. The van der Waals surface area contributed by atoms with Gasteiger partial charge < -0.3 is 4.74 Å². The number of hydrogen-bond donors (Lipinski definition) is 0. The number of hydrogen-bond acceptors (Lipinski definition) is 2. The van der Waals surface area contributed by atoms with Crippen molar-refractivity contribution in [2.45, 2.75) is 26.9 Å². The highest BCUT2D eigenvalue weighted by Crippen LogP contribution is 2.24. The van der Waals surface area contributed by atoms with Crippen molar-refractivity contribution >= 4 is 17.4 Å². The number of ether oxygens (including phenoxy) is 1. The largest absolute Gasteiger partial charge is 0.482 e. The van der Waals surface area contributed by atoms with Crippen LogP contribution in [0, 0.1) is 13.8 Å². The number of rotatable bonds is 4. The highest BCUT2D eigenvalue weighted by atomic mass is 35.5. The maximum atomic E-state index is 12.3. The Morgan fingerprint density at radius 3 is 2.40 bits per heavy atom. The van der Waals surface area contributed by atoms with Crippen molar-refractivity contribution in [2.24, 2.45) is 0 Å². The summed E-state index contributed by atoms with van der Waals surface area (Å²) in [5.41, 5.74) is 2.74. The van der Waals surface area contributed by atoms with E-state index in [2.05, 4.69) is 0 Å². The molecule has 2 aromatic rings. The number of halogens is 1. The summed E-state index contributed by atoms with van der Waals surface area (Å²) in [6, 6.07) is 12.9. The molecule has 0 bridgehead atoms. The van der Waals surface area contributed by atoms with Crippen LogP contribution in [0.4, 0.5) is 0 Å². The average molecular weight is 289 g/mol. The highest BCUT2D eigenvalue weighted by Gasteiger charge is 2.17. The molecule has 0 amide bonds. The third-order valence-corrected chi connectivity index (χ3v) is 3.39. The molecule has 1 atom stereocenters. The summed E-state index contributed by atoms with van der Waals surface area (Å²) in [7, 11) is 0. The van der Waals surface area contributed by atoms with Crippen LogP contribution in [0.1, 0.15) is 28.4 Å². The fraction of sp³-hybridized carbons (Fsp3) is 0.235. The van der Waals surface area contributed by atoms with E-state index in [-0.39, 0.29) is 5.78 Å². The zero-order chi connectivity index (χ0) is 14.7. The summed E-state index contributed by atoms with van der Waals surface area (Å²) >= 11 is 5.95. The van der Waals surface area contributed by atoms with Crippen LogP contribution in [0.3, 0.4) is 0 Å². The van der Waals surface area contributed by atoms with Gasteiger partial charge in [0.2, 0.25) is 5.78 Å². The van der Waals surface area contributed by atoms with Gasteiger partial charge in [0.15, 0.2) is 6.10 Å². The van der Waals surface area contributed by atoms with E-state index < -0.39 is 6.10 Å². The topological polar surface area (TPSA) is 26.3 Å². The van der Waals surface area contributed by atoms with Gasteiger partial charge in [-0.05, 0) is 38.5 Å². The molecule has 0 N–H and O–H groups in total. The van der Waals surface area contributed by atoms with Crippen LogP contribution in [0.5, 0.6) is 5.75 Å². The number of Topliss-reactive ketones (excluding diaryl/α,β-unsaturated/α-hetero) is 1. The van der Waals surface area contributed by atoms with Crippen LogP contribution in [0.2, 0.25) is 5.02 Å². The quantitative estimate of drug-likeness (QED) is 0.768. The normalized spacial score (nSPS) is 12.0. The van der Waals surface area contributed by atoms with E-state index >= 15 is 0 Å². The zero-order valence-electron chi connectivity index (χ0n) is 11.8. The Balaban J connectivity index is 2.15. The van der Waals surface area contributed by atoms with Crippen molar-refractivity contribution in [3.63, 3.8) is 0 Å². The summed E-state index contributed by atoms with van der Waals surface area (Å²) in [6.07, 6.45) is -0.546. The number of benzene rings is 2. The molecule has 0 spiro atoms. The van der Waals surface area contributed by atoms with Crippen molar-refractivity contribution in [2.75, 3.05) is 0 Å². The van der Waals surface area contributed by atoms with E-state index in [4.69, 9.17) is 16.3 Å². The second-order valence-electron chi connectivity index (χ2n) is 4.90. The maximum absolute atomic E-state index is 12.3. The Hall–Kier alpha value is -1.80. The van der Waals surface area contributed by atoms with Crippen molar-refractivity contribution in [3.05, 3.63) is 64.2 Å². The molecule has 2 nitrogen and oxygen atoms in total. The fourth-order valence-electron chi connectivity index (χ4n) is 1.90. The number of aryl methyl sites for hydroxylation is 2. The van der Waals surface area contributed by atoms with Crippen molar-refractivity contribution in [3.8, 4) is 5.75 Å². The first kappa shape index (κ1) is 14.6. The van der Waals surface area contributed by atoms with Gasteiger partial charge >= 0.3 is 0 Å². The van der Waals surface area contributed by atoms with Gasteiger partial charge in [-0.15, -0.1) is 0 Å². The molecule has 0 aliphatic rings. The molecular formula is C17H17ClO2. The molecule has 3 heteroatoms. The Morgan fingerprint density at radius 1 is 1.10 bits per heavy atom. The minimum absolute atomic E-state index is 0.0376. The van der Waals surface area contributed by atoms with Crippen LogP contribution < -0.4 is 4.74 Å². The molecule has 0 saturated carbocycles. The molecule has 0 aromatic heterocycles. The van der Waals surface area contributed by atoms with Crippen LogP contribution in [0.25, 0.3) is 0 Å². The number of ketones is 1. The van der Waals surface area contributed by atoms with Crippen molar-refractivity contribution in [1.29, 1.82) is 0 Å². The lowest BCUT2D eigenvalue weighted by atomic mass is 10.1. The van der Waals surface area contributed by atoms with E-state index in [1.807, 2.05) is 44.2 Å². The second kappa shape index (κ2) is 6.10. The van der Waals surface area contributed by atoms with Gasteiger partial charge in [-0.1, -0.05) is 47.5 Å². The zero-order valence-corrected chi connectivity index (χ0v) is 12.6. The van der Waals surface area contributed by atoms with Crippen LogP contribution >= 0.6 is 11.6 Å². The van der Waals surface area contributed by atoms with E-state index in [9.17, 15) is 4.79 Å². The van der Waals surface area contributed by atoms with Gasteiger partial charge in [0.25, 0.3) is 0 Å². The fourth-order valence-corrected chi connectivity index (χ4v) is 2.06. The third-order valence-electron chi connectivity index (χ3n) is 3.16. The molecule has 1 unspecified atom stereocenters. The minimum Gasteiger partial charge on any atom is -0.482 e. The lowest BCUT2D eigenvalue weighted by molar-refractivity contribution is 0.0817. The standard InChI is InChI=1S/C17H17ClO2/c1-11-4-7-14(8-5-11)17(19)13(3)20-16-10-15(18)9-6-12(16)2/h4-10,13H,1-3H3. The number of carbonyl (C=O) groups is 1. The lowest BCUT2D eigenvalue weighted by Crippen LogP contribution is -2.24. The Kier molecular flexibility index (Phi) is 4.46. The summed E-state index contributed by atoms with van der Waals surface area (Å²) in [4.78, 5) is 12.3. The van der Waals surface area contributed by atoms with Gasteiger partial charge in [0, 0.05) is 10.6 Å². The first-order chi connectivity index (χ1) is 9.47. The van der Waals surface area contributed by atoms with Crippen molar-refractivity contribution in [1.82, 2.24) is 0 Å². The molecule has 0 fully saturated rings. The molecule has 0 aliphatic heterocycles. The summed E-state index contributed by atoms with van der Waals surface area (Å²) in [5, 5.41) is 0.598. The monoisotopic (exact) mass is 288 g/mol. The first-order valence-electron chi connectivity index (χ1n) is 6.51. The van der Waals surface area contributed by atoms with Gasteiger partial charge in [-0.2, -0.15) is 0 Å². The van der Waals surface area contributed by atoms with Gasteiger partial charge in [0.1, 0.15) is 5.75 Å². The Labute approximate surface area is 124 Å². The molecule has 20 heavy (non-hydrogen) atoms. The summed E-state index contributed by atoms with van der Waals surface area (Å²) in [6.45, 7) is 5.67. The Bertz CT molecular complexity index is 617. The lowest BCUT2D eigenvalue weighted by Gasteiger charge is -2.16. The predicted molar refractivity (Wildman–Crippen MR) is 81.8 cm³/mol. The molecular weight excluding hydrogens is 272 g/mol. The van der Waals surface area contributed by atoms with Crippen LogP contribution in [-0.2, 0) is 0 Å². The third kappa shape index (κ3) is 3.40. The maximum Gasteiger partial charge on any atom is 0.202 e. The van der Waals surface area contributed by atoms with E-state index in [0.717, 1.165) is 11.1 Å². The molecule has 2 rings (SSSR count). The van der Waals surface area contributed by atoms with Crippen LogP contribution in [-0.4, -0.2) is 11.9 Å². The second-order valence-corrected chi connectivity index (χ2v) is 5.34. The molecule has 0 saturated heterocycles. The van der Waals surface area contributed by atoms with Gasteiger partial charge in [-0.25, -0.2) is 0 Å². The van der Waals surface area contributed by atoms with Crippen LogP contribution in [0.15, 0.2) is 42.5 Å². The molecule has 0 heterocycles. The summed E-state index contributed by atoms with van der Waals surface area (Å²) < 4.78 is 5.74. The highest BCUT2D eigenvalue weighted by molar-refractivity contribution is 6.30. The van der Waals surface area contributed by atoms with E-state index in [1.54, 1.807) is 19.1 Å². The van der Waals surface area contributed by atoms with E-state index in [1.165, 1.54) is 0 Å². The minimum atomic E-state index is -0.546. The molecule has 104 valence electrons. The van der Waals surface area contributed by atoms with Gasteiger partial charge in [0.05, 0.1) is 0 Å². The molecule has 2 aromatic carbocycles. The SMILES string of the molecule is Cc1ccc(C(=O)C(C)Oc2cc(Cl)ccc2C)cc1. The summed E-state index contributed by atoms with van der Waals surface area (Å²) in [5.74, 6) is 0.606.